The van der Waals surface area contributed by atoms with E-state index in [9.17, 15) is 19.6 Å². The van der Waals surface area contributed by atoms with Gasteiger partial charge in [0.05, 0.1) is 5.56 Å². The quantitative estimate of drug-likeness (QED) is 0.770. The van der Waals surface area contributed by atoms with Gasteiger partial charge < -0.3 is 10.1 Å². The molecule has 7 nitrogen and oxygen atoms in total. The largest absolute Gasteiger partial charge is 0.454 e. The number of carbonyl (C=O) groups is 2. The fraction of sp³-hybridized carbons (Fsp3) is 0.444. The Morgan fingerprint density at radius 1 is 1.48 bits per heavy atom. The number of fused-ring (bicyclic) bond motifs is 1. The van der Waals surface area contributed by atoms with Crippen LogP contribution in [0.1, 0.15) is 35.0 Å². The average Bonchev–Trinajstić information content (AvgIpc) is 3.13. The normalized spacial score (nSPS) is 15.7. The topological polar surface area (TPSA) is 101 Å². The van der Waals surface area contributed by atoms with Crippen molar-refractivity contribution in [2.24, 2.45) is 5.92 Å². The first-order chi connectivity index (χ1) is 12.9. The zero-order chi connectivity index (χ0) is 19.6. The maximum Gasteiger partial charge on any atom is 0.326 e. The number of thiophene rings is 1. The van der Waals surface area contributed by atoms with Crippen molar-refractivity contribution in [1.29, 1.82) is 5.26 Å². The van der Waals surface area contributed by atoms with Crippen LogP contribution in [0.15, 0.2) is 10.2 Å². The smallest absolute Gasteiger partial charge is 0.326 e. The number of amides is 1. The minimum Gasteiger partial charge on any atom is -0.454 e. The van der Waals surface area contributed by atoms with Gasteiger partial charge in [0.15, 0.2) is 6.61 Å². The number of thiazole rings is 1. The highest BCUT2D eigenvalue weighted by Crippen LogP contribution is 2.39. The molecule has 0 fully saturated rings. The van der Waals surface area contributed by atoms with Gasteiger partial charge in [-0.1, -0.05) is 18.3 Å². The van der Waals surface area contributed by atoms with Crippen molar-refractivity contribution in [3.63, 3.8) is 0 Å². The predicted octanol–water partition coefficient (Wildman–Crippen LogP) is 2.46. The highest BCUT2D eigenvalue weighted by atomic mass is 32.1. The van der Waals surface area contributed by atoms with E-state index < -0.39 is 18.5 Å². The predicted molar refractivity (Wildman–Crippen MR) is 103 cm³/mol. The molecule has 27 heavy (non-hydrogen) atoms. The molecule has 1 N–H and O–H groups in total. The van der Waals surface area contributed by atoms with Crippen molar-refractivity contribution in [1.82, 2.24) is 4.57 Å². The summed E-state index contributed by atoms with van der Waals surface area (Å²) in [5.74, 6) is -0.592. The first-order valence-electron chi connectivity index (χ1n) is 8.54. The van der Waals surface area contributed by atoms with Crippen molar-refractivity contribution < 1.29 is 14.3 Å². The van der Waals surface area contributed by atoms with E-state index in [1.165, 1.54) is 15.9 Å². The zero-order valence-corrected chi connectivity index (χ0v) is 16.7. The molecule has 0 radical (unpaired) electrons. The van der Waals surface area contributed by atoms with Crippen LogP contribution in [0.2, 0.25) is 0 Å². The molecule has 0 bridgehead atoms. The van der Waals surface area contributed by atoms with Gasteiger partial charge in [-0.05, 0) is 37.7 Å². The van der Waals surface area contributed by atoms with Gasteiger partial charge in [-0.15, -0.1) is 11.3 Å². The molecule has 0 aliphatic heterocycles. The Bertz CT molecular complexity index is 980. The van der Waals surface area contributed by atoms with Gasteiger partial charge in [-0.2, -0.15) is 5.26 Å². The van der Waals surface area contributed by atoms with E-state index in [1.807, 2.05) is 0 Å². The second-order valence-electron chi connectivity index (χ2n) is 6.61. The lowest BCUT2D eigenvalue weighted by molar-refractivity contribution is -0.147. The molecule has 0 spiro atoms. The number of hydrogen-bond acceptors (Lipinski definition) is 7. The summed E-state index contributed by atoms with van der Waals surface area (Å²) in [5, 5.41) is 14.3. The van der Waals surface area contributed by atoms with Gasteiger partial charge in [-0.3, -0.25) is 19.0 Å². The van der Waals surface area contributed by atoms with E-state index in [-0.39, 0.29) is 11.4 Å². The van der Waals surface area contributed by atoms with E-state index in [4.69, 9.17) is 4.74 Å². The second kappa shape index (κ2) is 8.06. The number of aromatic nitrogens is 1. The number of carbonyl (C=O) groups excluding carboxylic acids is 2. The molecular weight excluding hydrogens is 386 g/mol. The van der Waals surface area contributed by atoms with Gasteiger partial charge in [-0.25, -0.2) is 0 Å². The third-order valence-corrected chi connectivity index (χ3v) is 6.56. The minimum absolute atomic E-state index is 0.226. The number of anilines is 1. The summed E-state index contributed by atoms with van der Waals surface area (Å²) in [6.45, 7) is 3.21. The summed E-state index contributed by atoms with van der Waals surface area (Å²) in [7, 11) is 0. The number of esters is 1. The summed E-state index contributed by atoms with van der Waals surface area (Å²) < 4.78 is 6.27. The summed E-state index contributed by atoms with van der Waals surface area (Å²) >= 11 is 2.43. The van der Waals surface area contributed by atoms with E-state index in [0.717, 1.165) is 41.0 Å². The Labute approximate surface area is 164 Å². The molecule has 0 saturated heterocycles. The monoisotopic (exact) mass is 405 g/mol. The lowest BCUT2D eigenvalue weighted by Crippen LogP contribution is -2.26. The Morgan fingerprint density at radius 2 is 2.26 bits per heavy atom. The van der Waals surface area contributed by atoms with Crippen LogP contribution in [0.25, 0.3) is 0 Å². The molecule has 1 aliphatic carbocycles. The molecule has 2 aromatic heterocycles. The lowest BCUT2D eigenvalue weighted by atomic mass is 9.89. The first-order valence-corrected chi connectivity index (χ1v) is 10.2. The second-order valence-corrected chi connectivity index (χ2v) is 8.53. The van der Waals surface area contributed by atoms with Crippen LogP contribution >= 0.6 is 22.7 Å². The molecular formula is C18H19N3O4S2. The molecule has 0 saturated carbocycles. The molecule has 9 heteroatoms. The number of hydrogen-bond donors (Lipinski definition) is 1. The summed E-state index contributed by atoms with van der Waals surface area (Å²) in [6, 6.07) is 2.18. The van der Waals surface area contributed by atoms with Crippen LogP contribution in [0.5, 0.6) is 0 Å². The number of aryl methyl sites for hydroxylation is 1. The lowest BCUT2D eigenvalue weighted by Gasteiger charge is -2.17. The Balaban J connectivity index is 1.59. The van der Waals surface area contributed by atoms with Crippen LogP contribution in [0.4, 0.5) is 5.00 Å². The van der Waals surface area contributed by atoms with Gasteiger partial charge in [0.25, 0.3) is 5.91 Å². The van der Waals surface area contributed by atoms with E-state index in [1.54, 1.807) is 12.3 Å². The van der Waals surface area contributed by atoms with Crippen LogP contribution in [-0.2, 0) is 33.7 Å². The molecule has 0 unspecified atom stereocenters. The van der Waals surface area contributed by atoms with Gasteiger partial charge in [0, 0.05) is 16.0 Å². The zero-order valence-electron chi connectivity index (χ0n) is 15.0. The van der Waals surface area contributed by atoms with E-state index >= 15 is 0 Å². The number of nitrogens with one attached hydrogen (secondary N) is 1. The fourth-order valence-corrected chi connectivity index (χ4v) is 5.15. The van der Waals surface area contributed by atoms with Crippen LogP contribution in [0.3, 0.4) is 0 Å². The highest BCUT2D eigenvalue weighted by Gasteiger charge is 2.24. The number of nitrogens with zero attached hydrogens (tertiary/aromatic N) is 2. The molecule has 3 rings (SSSR count). The Hall–Kier alpha value is -2.44. The Kier molecular flexibility index (Phi) is 5.77. The SMILES string of the molecule is Cc1csc(=O)n1CC(=O)OCC(=O)Nc1sc2c(c1C#N)CC[C@H](C)C2. The van der Waals surface area contributed by atoms with Crippen LogP contribution in [-0.4, -0.2) is 23.1 Å². The standard InChI is InChI=1S/C18H19N3O4S2/c1-10-3-4-12-13(6-19)17(27-14(12)5-10)20-15(22)8-25-16(23)7-21-11(2)9-26-18(21)24/h9-10H,3-5,7-8H2,1-2H3,(H,20,22)/t10-/m0/s1. The van der Waals surface area contributed by atoms with Gasteiger partial charge in [0.1, 0.15) is 17.6 Å². The van der Waals surface area contributed by atoms with Gasteiger partial charge in [0.2, 0.25) is 0 Å². The van der Waals surface area contributed by atoms with Crippen molar-refractivity contribution in [2.75, 3.05) is 11.9 Å². The molecule has 2 aromatic rings. The third-order valence-electron chi connectivity index (χ3n) is 4.50. The van der Waals surface area contributed by atoms with Gasteiger partial charge >= 0.3 is 10.8 Å². The third kappa shape index (κ3) is 4.28. The first kappa shape index (κ1) is 19.3. The van der Waals surface area contributed by atoms with Crippen molar-refractivity contribution in [3.05, 3.63) is 36.7 Å². The Morgan fingerprint density at radius 3 is 2.93 bits per heavy atom. The van der Waals surface area contributed by atoms with Crippen molar-refractivity contribution in [2.45, 2.75) is 39.7 Å². The molecule has 0 aromatic carbocycles. The van der Waals surface area contributed by atoms with Crippen molar-refractivity contribution in [3.8, 4) is 6.07 Å². The molecule has 2 heterocycles. The summed E-state index contributed by atoms with van der Waals surface area (Å²) in [5.41, 5.74) is 2.21. The molecule has 142 valence electrons. The summed E-state index contributed by atoms with van der Waals surface area (Å²) in [4.78, 5) is 36.5. The molecule has 1 atom stereocenters. The van der Waals surface area contributed by atoms with Crippen LogP contribution < -0.4 is 10.2 Å². The number of nitriles is 1. The number of ether oxygens (including phenoxy) is 1. The molecule has 1 aliphatic rings. The number of rotatable bonds is 5. The highest BCUT2D eigenvalue weighted by molar-refractivity contribution is 7.16. The fourth-order valence-electron chi connectivity index (χ4n) is 3.04. The van der Waals surface area contributed by atoms with E-state index in [2.05, 4.69) is 18.3 Å². The average molecular weight is 406 g/mol. The minimum atomic E-state index is -0.659. The van der Waals surface area contributed by atoms with Crippen LogP contribution in [0, 0.1) is 24.2 Å². The van der Waals surface area contributed by atoms with Crippen molar-refractivity contribution >= 4 is 39.6 Å². The maximum atomic E-state index is 12.1. The summed E-state index contributed by atoms with van der Waals surface area (Å²) in [6.07, 6.45) is 2.79. The van der Waals surface area contributed by atoms with E-state index in [0.29, 0.717) is 22.2 Å². The maximum absolute atomic E-state index is 12.1. The molecule has 1 amide bonds.